The van der Waals surface area contributed by atoms with Gasteiger partial charge >= 0.3 is 0 Å². The van der Waals surface area contributed by atoms with Crippen LogP contribution in [-0.4, -0.2) is 29.8 Å². The van der Waals surface area contributed by atoms with Crippen molar-refractivity contribution in [3.8, 4) is 0 Å². The number of carbonyl (C=O) groups excluding carboxylic acids is 2. The number of nitrogens with one attached hydrogen (secondary N) is 1. The number of allylic oxidation sites excluding steroid dienone is 4. The van der Waals surface area contributed by atoms with Crippen LogP contribution < -0.4 is 11.1 Å². The van der Waals surface area contributed by atoms with Gasteiger partial charge in [-0.3, -0.25) is 9.59 Å². The number of hydrogen-bond acceptors (Lipinski definition) is 3. The van der Waals surface area contributed by atoms with Crippen LogP contribution in [0.3, 0.4) is 0 Å². The molecule has 0 spiro atoms. The van der Waals surface area contributed by atoms with Crippen LogP contribution in [0.15, 0.2) is 35.7 Å². The normalized spacial score (nSPS) is 22.4. The Kier molecular flexibility index (Phi) is 4.61. The van der Waals surface area contributed by atoms with Gasteiger partial charge in [0.25, 0.3) is 0 Å². The Morgan fingerprint density at radius 3 is 3.00 bits per heavy atom. The van der Waals surface area contributed by atoms with Crippen LogP contribution in [0.25, 0.3) is 0 Å². The number of rotatable bonds is 4. The number of nitrogens with two attached hydrogens (primary N) is 1. The Labute approximate surface area is 119 Å². The fourth-order valence-electron chi connectivity index (χ4n) is 2.36. The summed E-state index contributed by atoms with van der Waals surface area (Å²) in [5.41, 5.74) is 7.26. The number of hydrogen-bond donors (Lipinski definition) is 2. The molecule has 0 saturated carbocycles. The van der Waals surface area contributed by atoms with E-state index >= 15 is 0 Å². The lowest BCUT2D eigenvalue weighted by atomic mass is 10.1. The van der Waals surface area contributed by atoms with E-state index < -0.39 is 0 Å². The predicted octanol–water partition coefficient (Wildman–Crippen LogP) is 1.05. The third-order valence-corrected chi connectivity index (χ3v) is 3.48. The molecule has 3 N–H and O–H groups in total. The molecule has 1 fully saturated rings. The van der Waals surface area contributed by atoms with Gasteiger partial charge in [0, 0.05) is 30.9 Å². The van der Waals surface area contributed by atoms with E-state index in [0.29, 0.717) is 25.2 Å². The lowest BCUT2D eigenvalue weighted by Gasteiger charge is -2.17. The lowest BCUT2D eigenvalue weighted by molar-refractivity contribution is -0.128. The molecule has 2 aliphatic rings. The first-order valence-corrected chi connectivity index (χ1v) is 7.03. The van der Waals surface area contributed by atoms with Crippen LogP contribution in [0.5, 0.6) is 0 Å². The summed E-state index contributed by atoms with van der Waals surface area (Å²) < 4.78 is 0. The first-order chi connectivity index (χ1) is 9.61. The topological polar surface area (TPSA) is 75.4 Å². The molecule has 1 atom stereocenters. The molecule has 0 aromatic rings. The van der Waals surface area contributed by atoms with Crippen molar-refractivity contribution in [1.82, 2.24) is 10.2 Å². The zero-order valence-corrected chi connectivity index (χ0v) is 11.8. The largest absolute Gasteiger partial charge is 0.399 e. The van der Waals surface area contributed by atoms with E-state index in [-0.39, 0.29) is 24.2 Å². The Morgan fingerprint density at radius 2 is 2.25 bits per heavy atom. The first-order valence-electron chi connectivity index (χ1n) is 7.03. The zero-order chi connectivity index (χ0) is 14.5. The molecule has 1 unspecified atom stereocenters. The Morgan fingerprint density at radius 1 is 1.45 bits per heavy atom. The molecule has 2 amide bonds. The van der Waals surface area contributed by atoms with E-state index in [1.807, 2.05) is 25.2 Å². The maximum Gasteiger partial charge on any atom is 0.227 e. The van der Waals surface area contributed by atoms with Crippen molar-refractivity contribution in [1.29, 1.82) is 0 Å². The number of nitrogens with zero attached hydrogens (tertiary/aromatic N) is 1. The predicted molar refractivity (Wildman–Crippen MR) is 77.2 cm³/mol. The average Bonchev–Trinajstić information content (AvgIpc) is 2.68. The summed E-state index contributed by atoms with van der Waals surface area (Å²) in [5, 5.41) is 2.85. The summed E-state index contributed by atoms with van der Waals surface area (Å²) >= 11 is 0. The molecule has 20 heavy (non-hydrogen) atoms. The van der Waals surface area contributed by atoms with Crippen LogP contribution >= 0.6 is 0 Å². The molecule has 2 rings (SSSR count). The second-order valence-corrected chi connectivity index (χ2v) is 5.10. The lowest BCUT2D eigenvalue weighted by Crippen LogP contribution is -2.33. The number of likely N-dealkylation sites (tertiary alicyclic amines) is 1. The van der Waals surface area contributed by atoms with Crippen LogP contribution in [0, 0.1) is 5.92 Å². The monoisotopic (exact) mass is 275 g/mol. The molecule has 1 saturated heterocycles. The van der Waals surface area contributed by atoms with E-state index in [4.69, 9.17) is 5.73 Å². The number of amides is 2. The molecule has 1 aliphatic heterocycles. The smallest absolute Gasteiger partial charge is 0.227 e. The first kappa shape index (κ1) is 14.4. The highest BCUT2D eigenvalue weighted by atomic mass is 16.2. The van der Waals surface area contributed by atoms with E-state index in [2.05, 4.69) is 5.32 Å². The Balaban J connectivity index is 2.01. The van der Waals surface area contributed by atoms with Gasteiger partial charge in [0.15, 0.2) is 0 Å². The molecule has 1 aliphatic carbocycles. The molecule has 5 nitrogen and oxygen atoms in total. The number of carbonyl (C=O) groups is 2. The molecule has 108 valence electrons. The third kappa shape index (κ3) is 3.29. The third-order valence-electron chi connectivity index (χ3n) is 3.48. The molecule has 5 heteroatoms. The van der Waals surface area contributed by atoms with Crippen molar-refractivity contribution < 1.29 is 9.59 Å². The van der Waals surface area contributed by atoms with Gasteiger partial charge in [-0.05, 0) is 25.0 Å². The summed E-state index contributed by atoms with van der Waals surface area (Å²) in [4.78, 5) is 25.7. The molecule has 0 radical (unpaired) electrons. The van der Waals surface area contributed by atoms with Gasteiger partial charge in [-0.1, -0.05) is 19.1 Å². The van der Waals surface area contributed by atoms with Crippen LogP contribution in [0.4, 0.5) is 0 Å². The highest BCUT2D eigenvalue weighted by molar-refractivity contribution is 5.90. The van der Waals surface area contributed by atoms with Crippen LogP contribution in [0.1, 0.15) is 26.2 Å². The quantitative estimate of drug-likeness (QED) is 0.805. The fraction of sp³-hybridized carbons (Fsp3) is 0.467. The van der Waals surface area contributed by atoms with Gasteiger partial charge in [0.2, 0.25) is 11.8 Å². The van der Waals surface area contributed by atoms with E-state index in [0.717, 1.165) is 12.1 Å². The van der Waals surface area contributed by atoms with Crippen molar-refractivity contribution >= 4 is 11.8 Å². The van der Waals surface area contributed by atoms with E-state index in [9.17, 15) is 9.59 Å². The molecule has 0 aromatic carbocycles. The summed E-state index contributed by atoms with van der Waals surface area (Å²) in [7, 11) is 0. The van der Waals surface area contributed by atoms with Gasteiger partial charge in [0.05, 0.1) is 5.92 Å². The van der Waals surface area contributed by atoms with Crippen molar-refractivity contribution in [2.75, 3.05) is 13.1 Å². The molecule has 0 bridgehead atoms. The SMILES string of the molecule is CCCNC(=O)C1CC(=O)N(C2=CCC=C(N)C=C2)C1. The Bertz CT molecular complexity index is 491. The van der Waals surface area contributed by atoms with Crippen LogP contribution in [-0.2, 0) is 9.59 Å². The van der Waals surface area contributed by atoms with Crippen molar-refractivity contribution in [3.63, 3.8) is 0 Å². The van der Waals surface area contributed by atoms with E-state index in [1.54, 1.807) is 11.0 Å². The van der Waals surface area contributed by atoms with Gasteiger partial charge in [-0.2, -0.15) is 0 Å². The van der Waals surface area contributed by atoms with E-state index in [1.165, 1.54) is 0 Å². The highest BCUT2D eigenvalue weighted by Gasteiger charge is 2.35. The fourth-order valence-corrected chi connectivity index (χ4v) is 2.36. The van der Waals surface area contributed by atoms with Gasteiger partial charge < -0.3 is 16.0 Å². The van der Waals surface area contributed by atoms with Gasteiger partial charge in [-0.25, -0.2) is 0 Å². The maximum atomic E-state index is 12.1. The summed E-state index contributed by atoms with van der Waals surface area (Å²) in [6, 6.07) is 0. The summed E-state index contributed by atoms with van der Waals surface area (Å²) in [5.74, 6) is -0.284. The molecular formula is C15H21N3O2. The standard InChI is InChI=1S/C15H21N3O2/c1-2-8-17-15(20)11-9-14(19)18(10-11)13-5-3-4-12(16)6-7-13/h4-7,11H,2-3,8-10,16H2,1H3,(H,17,20). The van der Waals surface area contributed by atoms with Crippen molar-refractivity contribution in [2.24, 2.45) is 11.7 Å². The zero-order valence-electron chi connectivity index (χ0n) is 11.8. The maximum absolute atomic E-state index is 12.1. The second kappa shape index (κ2) is 6.41. The minimum Gasteiger partial charge on any atom is -0.399 e. The molecular weight excluding hydrogens is 254 g/mol. The minimum absolute atomic E-state index is 0.00183. The van der Waals surface area contributed by atoms with Crippen LogP contribution in [0.2, 0.25) is 0 Å². The van der Waals surface area contributed by atoms with Crippen molar-refractivity contribution in [3.05, 3.63) is 35.7 Å². The van der Waals surface area contributed by atoms with Crippen molar-refractivity contribution in [2.45, 2.75) is 26.2 Å². The molecule has 1 heterocycles. The van der Waals surface area contributed by atoms with Gasteiger partial charge in [0.1, 0.15) is 0 Å². The summed E-state index contributed by atoms with van der Waals surface area (Å²) in [6.45, 7) is 3.11. The highest BCUT2D eigenvalue weighted by Crippen LogP contribution is 2.24. The summed E-state index contributed by atoms with van der Waals surface area (Å²) in [6.07, 6.45) is 9.36. The second-order valence-electron chi connectivity index (χ2n) is 5.10. The molecule has 0 aromatic heterocycles. The average molecular weight is 275 g/mol. The van der Waals surface area contributed by atoms with Gasteiger partial charge in [-0.15, -0.1) is 0 Å². The Hall–Kier alpha value is -2.04. The minimum atomic E-state index is -0.253.